The summed E-state index contributed by atoms with van der Waals surface area (Å²) in [4.78, 5) is 2.41. The Kier molecular flexibility index (Phi) is 4.66. The van der Waals surface area contributed by atoms with E-state index in [1.165, 1.54) is 5.69 Å². The predicted octanol–water partition coefficient (Wildman–Crippen LogP) is 2.33. The van der Waals surface area contributed by atoms with E-state index in [-0.39, 0.29) is 6.04 Å². The number of rotatable bonds is 4. The standard InChI is InChI=1S/C15H24N2O2/c1-4-12-10-19-9-8-17(12)13-6-5-7-14(18-3)15(13)11(2)16/h5-7,11-12H,4,8-10,16H2,1-3H3/t11-,12?/m1/s1. The van der Waals surface area contributed by atoms with Crippen molar-refractivity contribution in [2.75, 3.05) is 31.8 Å². The quantitative estimate of drug-likeness (QED) is 0.906. The maximum absolute atomic E-state index is 6.15. The number of morpholine rings is 1. The Bertz CT molecular complexity index is 421. The number of hydrogen-bond acceptors (Lipinski definition) is 4. The molecule has 0 aromatic heterocycles. The van der Waals surface area contributed by atoms with Crippen LogP contribution >= 0.6 is 0 Å². The summed E-state index contributed by atoms with van der Waals surface area (Å²) >= 11 is 0. The van der Waals surface area contributed by atoms with Crippen molar-refractivity contribution in [3.63, 3.8) is 0 Å². The highest BCUT2D eigenvalue weighted by atomic mass is 16.5. The van der Waals surface area contributed by atoms with Crippen molar-refractivity contribution in [1.82, 2.24) is 0 Å². The van der Waals surface area contributed by atoms with Crippen molar-refractivity contribution in [3.8, 4) is 5.75 Å². The Hall–Kier alpha value is -1.26. The molecule has 1 heterocycles. The minimum absolute atomic E-state index is 0.0495. The molecule has 2 atom stereocenters. The van der Waals surface area contributed by atoms with Crippen molar-refractivity contribution in [2.24, 2.45) is 5.73 Å². The molecule has 1 aromatic carbocycles. The molecule has 0 radical (unpaired) electrons. The molecule has 1 fully saturated rings. The molecule has 4 nitrogen and oxygen atoms in total. The highest BCUT2D eigenvalue weighted by Gasteiger charge is 2.25. The van der Waals surface area contributed by atoms with Gasteiger partial charge in [-0.3, -0.25) is 0 Å². The van der Waals surface area contributed by atoms with E-state index < -0.39 is 0 Å². The van der Waals surface area contributed by atoms with Gasteiger partial charge in [0.25, 0.3) is 0 Å². The summed E-state index contributed by atoms with van der Waals surface area (Å²) in [7, 11) is 1.70. The Labute approximate surface area is 115 Å². The molecular weight excluding hydrogens is 240 g/mol. The smallest absolute Gasteiger partial charge is 0.125 e. The van der Waals surface area contributed by atoms with Gasteiger partial charge in [-0.1, -0.05) is 13.0 Å². The van der Waals surface area contributed by atoms with Crippen LogP contribution in [0.1, 0.15) is 31.9 Å². The van der Waals surface area contributed by atoms with E-state index in [2.05, 4.69) is 17.9 Å². The predicted molar refractivity (Wildman–Crippen MR) is 77.8 cm³/mol. The minimum atomic E-state index is -0.0495. The average molecular weight is 264 g/mol. The lowest BCUT2D eigenvalue weighted by atomic mass is 10.0. The first-order valence-corrected chi connectivity index (χ1v) is 6.95. The topological polar surface area (TPSA) is 47.7 Å². The number of anilines is 1. The molecule has 0 amide bonds. The molecule has 0 spiro atoms. The van der Waals surface area contributed by atoms with Crippen LogP contribution in [0.4, 0.5) is 5.69 Å². The van der Waals surface area contributed by atoms with Crippen LogP contribution in [0.5, 0.6) is 5.75 Å². The van der Waals surface area contributed by atoms with Crippen LogP contribution in [0.15, 0.2) is 18.2 Å². The minimum Gasteiger partial charge on any atom is -0.496 e. The van der Waals surface area contributed by atoms with Crippen molar-refractivity contribution in [3.05, 3.63) is 23.8 Å². The van der Waals surface area contributed by atoms with E-state index in [0.29, 0.717) is 6.04 Å². The summed E-state index contributed by atoms with van der Waals surface area (Å²) in [5, 5.41) is 0. The molecular formula is C15H24N2O2. The average Bonchev–Trinajstić information content (AvgIpc) is 2.46. The van der Waals surface area contributed by atoms with E-state index in [1.807, 2.05) is 19.1 Å². The summed E-state index contributed by atoms with van der Waals surface area (Å²) in [6, 6.07) is 6.51. The van der Waals surface area contributed by atoms with Gasteiger partial charge in [0.2, 0.25) is 0 Å². The molecule has 2 N–H and O–H groups in total. The maximum atomic E-state index is 6.15. The van der Waals surface area contributed by atoms with Crippen LogP contribution in [-0.4, -0.2) is 32.9 Å². The van der Waals surface area contributed by atoms with Crippen molar-refractivity contribution in [1.29, 1.82) is 0 Å². The van der Waals surface area contributed by atoms with Gasteiger partial charge >= 0.3 is 0 Å². The van der Waals surface area contributed by atoms with E-state index in [9.17, 15) is 0 Å². The molecule has 19 heavy (non-hydrogen) atoms. The third-order valence-corrected chi connectivity index (χ3v) is 3.73. The molecule has 1 aliphatic heterocycles. The van der Waals surface area contributed by atoms with Crippen molar-refractivity contribution in [2.45, 2.75) is 32.4 Å². The van der Waals surface area contributed by atoms with E-state index in [0.717, 1.165) is 37.5 Å². The summed E-state index contributed by atoms with van der Waals surface area (Å²) in [6.07, 6.45) is 1.07. The van der Waals surface area contributed by atoms with E-state index >= 15 is 0 Å². The van der Waals surface area contributed by atoms with Gasteiger partial charge in [0.1, 0.15) is 5.75 Å². The van der Waals surface area contributed by atoms with Crippen LogP contribution in [0.3, 0.4) is 0 Å². The fourth-order valence-electron chi connectivity index (χ4n) is 2.73. The Balaban J connectivity index is 2.42. The van der Waals surface area contributed by atoms with Gasteiger partial charge in [0.05, 0.1) is 26.4 Å². The molecule has 2 rings (SSSR count). The van der Waals surface area contributed by atoms with Gasteiger partial charge in [-0.05, 0) is 25.5 Å². The van der Waals surface area contributed by atoms with Crippen LogP contribution < -0.4 is 15.4 Å². The van der Waals surface area contributed by atoms with Gasteiger partial charge in [-0.2, -0.15) is 0 Å². The lowest BCUT2D eigenvalue weighted by molar-refractivity contribution is 0.0928. The second kappa shape index (κ2) is 6.26. The number of methoxy groups -OCH3 is 1. The van der Waals surface area contributed by atoms with Crippen LogP contribution in [0.25, 0.3) is 0 Å². The number of hydrogen-bond donors (Lipinski definition) is 1. The molecule has 0 saturated carbocycles. The van der Waals surface area contributed by atoms with Gasteiger partial charge in [-0.15, -0.1) is 0 Å². The zero-order valence-corrected chi connectivity index (χ0v) is 12.1. The zero-order chi connectivity index (χ0) is 13.8. The monoisotopic (exact) mass is 264 g/mol. The first-order valence-electron chi connectivity index (χ1n) is 6.95. The summed E-state index contributed by atoms with van der Waals surface area (Å²) in [5.41, 5.74) is 8.42. The third kappa shape index (κ3) is 2.85. The molecule has 1 saturated heterocycles. The Morgan fingerprint density at radius 2 is 2.32 bits per heavy atom. The van der Waals surface area contributed by atoms with E-state index in [4.69, 9.17) is 15.2 Å². The molecule has 1 unspecified atom stereocenters. The largest absolute Gasteiger partial charge is 0.496 e. The molecule has 1 aliphatic rings. The maximum Gasteiger partial charge on any atom is 0.125 e. The van der Waals surface area contributed by atoms with E-state index in [1.54, 1.807) is 7.11 Å². The van der Waals surface area contributed by atoms with Crippen LogP contribution in [-0.2, 0) is 4.74 Å². The second-order valence-electron chi connectivity index (χ2n) is 5.01. The highest BCUT2D eigenvalue weighted by Crippen LogP contribution is 2.35. The SMILES string of the molecule is CCC1COCCN1c1cccc(OC)c1[C@@H](C)N. The summed E-state index contributed by atoms with van der Waals surface area (Å²) in [5.74, 6) is 0.869. The van der Waals surface area contributed by atoms with Crippen LogP contribution in [0, 0.1) is 0 Å². The number of ether oxygens (including phenoxy) is 2. The Morgan fingerprint density at radius 1 is 1.53 bits per heavy atom. The molecule has 106 valence electrons. The number of nitrogens with zero attached hydrogens (tertiary/aromatic N) is 1. The lowest BCUT2D eigenvalue weighted by Gasteiger charge is -2.38. The molecule has 0 bridgehead atoms. The zero-order valence-electron chi connectivity index (χ0n) is 12.1. The van der Waals surface area contributed by atoms with Gasteiger partial charge in [0.15, 0.2) is 0 Å². The third-order valence-electron chi connectivity index (χ3n) is 3.73. The summed E-state index contributed by atoms with van der Waals surface area (Å²) < 4.78 is 11.0. The number of nitrogens with two attached hydrogens (primary N) is 1. The van der Waals surface area contributed by atoms with Crippen LogP contribution in [0.2, 0.25) is 0 Å². The molecule has 0 aliphatic carbocycles. The van der Waals surface area contributed by atoms with Crippen molar-refractivity contribution >= 4 is 5.69 Å². The fraction of sp³-hybridized carbons (Fsp3) is 0.600. The lowest BCUT2D eigenvalue weighted by Crippen LogP contribution is -2.45. The Morgan fingerprint density at radius 3 is 2.95 bits per heavy atom. The van der Waals surface area contributed by atoms with Crippen molar-refractivity contribution < 1.29 is 9.47 Å². The van der Waals surface area contributed by atoms with Gasteiger partial charge in [0, 0.05) is 23.8 Å². The first-order chi connectivity index (χ1) is 9.19. The van der Waals surface area contributed by atoms with Gasteiger partial charge in [-0.25, -0.2) is 0 Å². The molecule has 4 heteroatoms. The second-order valence-corrected chi connectivity index (χ2v) is 5.01. The fourth-order valence-corrected chi connectivity index (χ4v) is 2.73. The number of benzene rings is 1. The molecule has 1 aromatic rings. The van der Waals surface area contributed by atoms with Gasteiger partial charge < -0.3 is 20.1 Å². The summed E-state index contributed by atoms with van der Waals surface area (Å²) in [6.45, 7) is 6.66. The normalized spacial score (nSPS) is 21.3. The first kappa shape index (κ1) is 14.2. The highest BCUT2D eigenvalue weighted by molar-refractivity contribution is 5.61.